The van der Waals surface area contributed by atoms with Gasteiger partial charge in [0.2, 0.25) is 15.9 Å². The molecule has 7 nitrogen and oxygen atoms in total. The lowest BCUT2D eigenvalue weighted by atomic mass is 10.1. The Kier molecular flexibility index (Phi) is 7.02. The summed E-state index contributed by atoms with van der Waals surface area (Å²) in [5, 5.41) is 2.71. The number of rotatable bonds is 7. The molecule has 1 atom stereocenters. The predicted octanol–water partition coefficient (Wildman–Crippen LogP) is 3.27. The predicted molar refractivity (Wildman–Crippen MR) is 114 cm³/mol. The highest BCUT2D eigenvalue weighted by Crippen LogP contribution is 2.26. The first kappa shape index (κ1) is 22.4. The number of nitrogens with zero attached hydrogens (tertiary/aromatic N) is 1. The molecule has 0 aliphatic carbocycles. The fraction of sp³-hybridized carbons (Fsp3) is 0.333. The number of ether oxygens (including phenoxy) is 1. The summed E-state index contributed by atoms with van der Waals surface area (Å²) >= 11 is 0. The van der Waals surface area contributed by atoms with Crippen LogP contribution < -0.4 is 9.62 Å². The van der Waals surface area contributed by atoms with E-state index in [-0.39, 0.29) is 12.0 Å². The Morgan fingerprint density at radius 2 is 1.79 bits per heavy atom. The van der Waals surface area contributed by atoms with Crippen molar-refractivity contribution in [1.82, 2.24) is 0 Å². The van der Waals surface area contributed by atoms with Gasteiger partial charge in [0.25, 0.3) is 0 Å². The van der Waals surface area contributed by atoms with Crippen molar-refractivity contribution in [3.8, 4) is 0 Å². The summed E-state index contributed by atoms with van der Waals surface area (Å²) in [6.45, 7) is 5.56. The van der Waals surface area contributed by atoms with E-state index in [4.69, 9.17) is 0 Å². The quantitative estimate of drug-likeness (QED) is 0.697. The third kappa shape index (κ3) is 5.35. The maximum Gasteiger partial charge on any atom is 0.337 e. The maximum absolute atomic E-state index is 13.0. The molecule has 0 heterocycles. The Morgan fingerprint density at radius 3 is 2.34 bits per heavy atom. The second kappa shape index (κ2) is 9.09. The van der Waals surface area contributed by atoms with Gasteiger partial charge in [-0.1, -0.05) is 19.1 Å². The first-order chi connectivity index (χ1) is 13.6. The molecule has 1 unspecified atom stereocenters. The zero-order valence-electron chi connectivity index (χ0n) is 17.2. The van der Waals surface area contributed by atoms with Gasteiger partial charge in [0.1, 0.15) is 6.04 Å². The van der Waals surface area contributed by atoms with E-state index in [1.807, 2.05) is 19.9 Å². The van der Waals surface area contributed by atoms with Crippen molar-refractivity contribution in [2.75, 3.05) is 23.0 Å². The van der Waals surface area contributed by atoms with Crippen LogP contribution in [0.3, 0.4) is 0 Å². The number of anilines is 2. The lowest BCUT2D eigenvalue weighted by Crippen LogP contribution is -2.47. The van der Waals surface area contributed by atoms with E-state index in [0.29, 0.717) is 11.4 Å². The van der Waals surface area contributed by atoms with Crippen molar-refractivity contribution in [3.63, 3.8) is 0 Å². The molecule has 1 amide bonds. The number of aryl methyl sites for hydroxylation is 2. The summed E-state index contributed by atoms with van der Waals surface area (Å²) in [5.74, 6) is -1.01. The summed E-state index contributed by atoms with van der Waals surface area (Å²) in [6, 6.07) is 10.6. The summed E-state index contributed by atoms with van der Waals surface area (Å²) < 4.78 is 30.9. The number of hydrogen-bond donors (Lipinski definition) is 1. The van der Waals surface area contributed by atoms with Gasteiger partial charge in [0, 0.05) is 5.69 Å². The van der Waals surface area contributed by atoms with Gasteiger partial charge in [-0.15, -0.1) is 0 Å². The third-order valence-electron chi connectivity index (χ3n) is 4.63. The molecule has 0 saturated carbocycles. The van der Waals surface area contributed by atoms with Crippen LogP contribution in [0.2, 0.25) is 0 Å². The van der Waals surface area contributed by atoms with E-state index in [1.54, 1.807) is 37.3 Å². The Balaban J connectivity index is 2.38. The minimum absolute atomic E-state index is 0.266. The van der Waals surface area contributed by atoms with E-state index in [2.05, 4.69) is 10.1 Å². The van der Waals surface area contributed by atoms with Crippen LogP contribution in [0, 0.1) is 13.8 Å². The van der Waals surface area contributed by atoms with Gasteiger partial charge in [-0.2, -0.15) is 0 Å². The molecule has 0 aromatic heterocycles. The highest BCUT2D eigenvalue weighted by Gasteiger charge is 2.31. The monoisotopic (exact) mass is 418 g/mol. The molecular formula is C21H26N2O5S. The van der Waals surface area contributed by atoms with Gasteiger partial charge in [-0.05, 0) is 61.7 Å². The van der Waals surface area contributed by atoms with Crippen molar-refractivity contribution >= 4 is 33.3 Å². The zero-order valence-corrected chi connectivity index (χ0v) is 18.0. The van der Waals surface area contributed by atoms with Gasteiger partial charge in [0.05, 0.1) is 24.6 Å². The molecule has 156 valence electrons. The number of benzene rings is 2. The Bertz CT molecular complexity index is 1020. The average molecular weight is 419 g/mol. The van der Waals surface area contributed by atoms with Crippen molar-refractivity contribution < 1.29 is 22.7 Å². The minimum Gasteiger partial charge on any atom is -0.465 e. The van der Waals surface area contributed by atoms with E-state index in [0.717, 1.165) is 21.7 Å². The number of sulfonamides is 1. The van der Waals surface area contributed by atoms with Crippen molar-refractivity contribution in [2.24, 2.45) is 0 Å². The molecule has 29 heavy (non-hydrogen) atoms. The fourth-order valence-electron chi connectivity index (χ4n) is 2.99. The Morgan fingerprint density at radius 1 is 1.10 bits per heavy atom. The molecule has 8 heteroatoms. The third-order valence-corrected chi connectivity index (χ3v) is 5.81. The second-order valence-electron chi connectivity index (χ2n) is 6.81. The van der Waals surface area contributed by atoms with Gasteiger partial charge < -0.3 is 10.1 Å². The number of amides is 1. The number of carbonyl (C=O) groups is 2. The van der Waals surface area contributed by atoms with Gasteiger partial charge in [-0.25, -0.2) is 13.2 Å². The zero-order chi connectivity index (χ0) is 21.8. The topological polar surface area (TPSA) is 92.8 Å². The molecule has 0 aliphatic heterocycles. The van der Waals surface area contributed by atoms with E-state index >= 15 is 0 Å². The molecule has 2 aromatic carbocycles. The van der Waals surface area contributed by atoms with Crippen molar-refractivity contribution in [2.45, 2.75) is 33.2 Å². The van der Waals surface area contributed by atoms with Crippen LogP contribution in [-0.2, 0) is 19.6 Å². The number of nitrogens with one attached hydrogen (secondary N) is 1. The molecule has 0 bridgehead atoms. The molecular weight excluding hydrogens is 392 g/mol. The average Bonchev–Trinajstić information content (AvgIpc) is 2.66. The molecule has 0 radical (unpaired) electrons. The molecule has 1 N–H and O–H groups in total. The summed E-state index contributed by atoms with van der Waals surface area (Å²) in [6.07, 6.45) is 1.35. The van der Waals surface area contributed by atoms with Gasteiger partial charge in [0.15, 0.2) is 0 Å². The van der Waals surface area contributed by atoms with E-state index in [9.17, 15) is 18.0 Å². The smallest absolute Gasteiger partial charge is 0.337 e. The number of hydrogen-bond acceptors (Lipinski definition) is 5. The Hall–Kier alpha value is -2.87. The standard InChI is InChI=1S/C21H26N2O5S/c1-6-19(20(24)22-17-9-7-8-16(13-17)21(25)28-4)23(29(5,26)27)18-11-10-14(2)15(3)12-18/h7-13,19H,6H2,1-5H3,(H,22,24). The SMILES string of the molecule is CCC(C(=O)Nc1cccc(C(=O)OC)c1)N(c1ccc(C)c(C)c1)S(C)(=O)=O. The highest BCUT2D eigenvalue weighted by molar-refractivity contribution is 7.92. The molecule has 0 aliphatic rings. The van der Waals surface area contributed by atoms with Crippen LogP contribution in [0.15, 0.2) is 42.5 Å². The number of esters is 1. The fourth-order valence-corrected chi connectivity index (χ4v) is 4.19. The van der Waals surface area contributed by atoms with Crippen LogP contribution in [-0.4, -0.2) is 39.7 Å². The Labute approximate surface area is 171 Å². The number of carbonyl (C=O) groups excluding carboxylic acids is 2. The van der Waals surface area contributed by atoms with Crippen molar-refractivity contribution in [1.29, 1.82) is 0 Å². The van der Waals surface area contributed by atoms with Crippen LogP contribution in [0.4, 0.5) is 11.4 Å². The van der Waals surface area contributed by atoms with E-state index < -0.39 is 27.9 Å². The lowest BCUT2D eigenvalue weighted by molar-refractivity contribution is -0.117. The molecule has 0 spiro atoms. The lowest BCUT2D eigenvalue weighted by Gasteiger charge is -2.30. The molecule has 2 aromatic rings. The second-order valence-corrected chi connectivity index (χ2v) is 8.67. The van der Waals surface area contributed by atoms with Crippen LogP contribution in [0.1, 0.15) is 34.8 Å². The summed E-state index contributed by atoms with van der Waals surface area (Å²) in [4.78, 5) is 24.7. The first-order valence-corrected chi connectivity index (χ1v) is 11.0. The highest BCUT2D eigenvalue weighted by atomic mass is 32.2. The largest absolute Gasteiger partial charge is 0.465 e. The minimum atomic E-state index is -3.72. The van der Waals surface area contributed by atoms with Crippen LogP contribution >= 0.6 is 0 Å². The van der Waals surface area contributed by atoms with Crippen molar-refractivity contribution in [3.05, 3.63) is 59.2 Å². The molecule has 0 fully saturated rings. The summed E-state index contributed by atoms with van der Waals surface area (Å²) in [5.41, 5.74) is 3.05. The van der Waals surface area contributed by atoms with E-state index in [1.165, 1.54) is 13.2 Å². The van der Waals surface area contributed by atoms with Crippen LogP contribution in [0.5, 0.6) is 0 Å². The molecule has 0 saturated heterocycles. The number of methoxy groups -OCH3 is 1. The van der Waals surface area contributed by atoms with Gasteiger partial charge >= 0.3 is 5.97 Å². The van der Waals surface area contributed by atoms with Crippen LogP contribution in [0.25, 0.3) is 0 Å². The first-order valence-electron chi connectivity index (χ1n) is 9.14. The normalized spacial score (nSPS) is 12.2. The maximum atomic E-state index is 13.0. The summed E-state index contributed by atoms with van der Waals surface area (Å²) in [7, 11) is -2.45. The van der Waals surface area contributed by atoms with Gasteiger partial charge in [-0.3, -0.25) is 9.10 Å². The molecule has 2 rings (SSSR count).